The molecule has 2 aromatic heterocycles. The first kappa shape index (κ1) is 83.0. The second kappa shape index (κ2) is 35.2. The number of hydrogen-bond acceptors (Lipinski definition) is 4. The van der Waals surface area contributed by atoms with Crippen LogP contribution in [0.5, 0.6) is 0 Å². The summed E-state index contributed by atoms with van der Waals surface area (Å²) >= 11 is 0. The zero-order chi connectivity index (χ0) is 89.6. The molecule has 0 amide bonds. The topological polar surface area (TPSA) is 34.8 Å². The van der Waals surface area contributed by atoms with Gasteiger partial charge in [0.1, 0.15) is 0 Å². The first-order valence-electron chi connectivity index (χ1n) is 45.5. The van der Waals surface area contributed by atoms with Gasteiger partial charge in [0.25, 0.3) is 0 Å². The maximum Gasteiger partial charge on any atom is 0.0721 e. The number of anilines is 6. The van der Waals surface area contributed by atoms with Crippen LogP contribution in [-0.4, -0.2) is 9.13 Å². The van der Waals surface area contributed by atoms with Gasteiger partial charge >= 0.3 is 0 Å². The van der Waals surface area contributed by atoms with Crippen LogP contribution in [0.1, 0.15) is 94.5 Å². The molecule has 0 fully saturated rings. The lowest BCUT2D eigenvalue weighted by Gasteiger charge is -2.28. The fraction of sp³-hybridized carbons (Fsp3) is 0.0794. The molecule has 0 aliphatic heterocycles. The number of fused-ring (bicyclic) bond motifs is 12. The molecule has 132 heavy (non-hydrogen) atoms. The first-order chi connectivity index (χ1) is 64.7. The van der Waals surface area contributed by atoms with E-state index in [-0.39, 0.29) is 10.8 Å². The average Bonchev–Trinajstić information content (AvgIpc) is 1.58. The zero-order valence-electron chi connectivity index (χ0n) is 74.8. The Hall–Kier alpha value is -16.0. The molecule has 6 nitrogen and oxygen atoms in total. The van der Waals surface area contributed by atoms with E-state index in [9.17, 15) is 0 Å². The van der Waals surface area contributed by atoms with E-state index in [1.54, 1.807) is 0 Å². The van der Waals surface area contributed by atoms with Gasteiger partial charge in [0.2, 0.25) is 0 Å². The molecular formula is C126H100N4O2. The lowest BCUT2D eigenvalue weighted by molar-refractivity contribution is 0.107. The Morgan fingerprint density at radius 3 is 1.00 bits per heavy atom. The number of para-hydroxylation sites is 1. The molecule has 636 valence electrons. The van der Waals surface area contributed by atoms with Crippen molar-refractivity contribution in [3.63, 3.8) is 0 Å². The molecule has 0 atom stereocenters. The molecule has 0 bridgehead atoms. The molecule has 18 aromatic carbocycles. The molecule has 0 unspecified atom stereocenters. The highest BCUT2D eigenvalue weighted by molar-refractivity contribution is 6.12. The van der Waals surface area contributed by atoms with Crippen LogP contribution in [0.15, 0.2) is 439 Å². The van der Waals surface area contributed by atoms with Gasteiger partial charge in [-0.25, -0.2) is 0 Å². The van der Waals surface area contributed by atoms with E-state index in [0.29, 0.717) is 26.4 Å². The Balaban J connectivity index is 0.000000165. The number of rotatable bonds is 24. The summed E-state index contributed by atoms with van der Waals surface area (Å²) in [7, 11) is 0. The van der Waals surface area contributed by atoms with Gasteiger partial charge in [0.05, 0.1) is 48.5 Å². The number of nitrogens with zero attached hydrogens (tertiary/aromatic N) is 4. The molecule has 0 saturated heterocycles. The third kappa shape index (κ3) is 15.8. The van der Waals surface area contributed by atoms with Crippen LogP contribution >= 0.6 is 0 Å². The standard InChI is InChI=1S/C71H58N2O2.C55H42N2/c1-5-49-16-20-51(21-17-49)45-74-47-53-24-32-61(33-25-53)73-69-40-26-54(48-75-46-52-22-18-50(6-2)19-23-52)42-65(69)66-43-58(31-41-70(66)73)57-29-36-60(37-30-57)72(59-34-27-56(28-35-59)55-12-8-7-9-13-55)62-38-39-64-63-14-10-11-15-67(63)71(3,4)68(64)44-62;1-5-37-16-24-45(25-17-37)57-53-15-11-10-14-48(53)50-35-42(23-33-54(50)57)41-21-28-44(29-22-41)56(43-26-19-40(20-27-43)39-12-8-7-9-13-39)46-30-31-47-49-34-38(6-2)18-32-51(49)55(3,4)52(47)36-46/h5-44H,1-2,45-48H2,3-4H3;5-36H,1-2H2,3-4H3. The van der Waals surface area contributed by atoms with Gasteiger partial charge in [-0.15, -0.1) is 0 Å². The first-order valence-corrected chi connectivity index (χ1v) is 45.5. The molecule has 0 radical (unpaired) electrons. The van der Waals surface area contributed by atoms with Gasteiger partial charge in [-0.05, 0) is 279 Å². The van der Waals surface area contributed by atoms with E-state index in [1.807, 2.05) is 24.3 Å². The van der Waals surface area contributed by atoms with Crippen LogP contribution in [0.25, 0.3) is 146 Å². The lowest BCUT2D eigenvalue weighted by atomic mass is 9.82. The minimum Gasteiger partial charge on any atom is -0.372 e. The molecule has 2 aliphatic carbocycles. The predicted octanol–water partition coefficient (Wildman–Crippen LogP) is 33.8. The molecule has 2 aliphatic rings. The van der Waals surface area contributed by atoms with Crippen LogP contribution in [0, 0.1) is 0 Å². The monoisotopic (exact) mass is 1700 g/mol. The third-order valence-electron chi connectivity index (χ3n) is 27.0. The second-order valence-electron chi connectivity index (χ2n) is 35.7. The van der Waals surface area contributed by atoms with E-state index in [1.165, 1.54) is 110 Å². The van der Waals surface area contributed by atoms with E-state index < -0.39 is 0 Å². The molecule has 0 spiro atoms. The van der Waals surface area contributed by atoms with Crippen LogP contribution in [0.2, 0.25) is 0 Å². The van der Waals surface area contributed by atoms with Crippen LogP contribution in [0.3, 0.4) is 0 Å². The van der Waals surface area contributed by atoms with Crippen molar-refractivity contribution in [2.75, 3.05) is 9.80 Å². The number of hydrogen-bond donors (Lipinski definition) is 0. The van der Waals surface area contributed by atoms with Crippen LogP contribution in [0.4, 0.5) is 34.1 Å². The molecule has 2 heterocycles. The van der Waals surface area contributed by atoms with E-state index in [4.69, 9.17) is 9.47 Å². The Morgan fingerprint density at radius 2 is 0.538 bits per heavy atom. The van der Waals surface area contributed by atoms with Crippen molar-refractivity contribution >= 4 is 102 Å². The summed E-state index contributed by atoms with van der Waals surface area (Å²) in [6.45, 7) is 27.2. The van der Waals surface area contributed by atoms with Crippen molar-refractivity contribution in [2.45, 2.75) is 65.0 Å². The third-order valence-corrected chi connectivity index (χ3v) is 27.0. The average molecular weight is 1700 g/mol. The summed E-state index contributed by atoms with van der Waals surface area (Å²) < 4.78 is 17.2. The molecular weight excluding hydrogens is 1600 g/mol. The molecule has 0 N–H and O–H groups in total. The quantitative estimate of drug-likeness (QED) is 0.0604. The zero-order valence-corrected chi connectivity index (χ0v) is 74.8. The Labute approximate surface area is 773 Å². The van der Waals surface area contributed by atoms with Crippen molar-refractivity contribution in [1.29, 1.82) is 0 Å². The van der Waals surface area contributed by atoms with Gasteiger partial charge in [-0.1, -0.05) is 345 Å². The van der Waals surface area contributed by atoms with Crippen molar-refractivity contribution in [2.24, 2.45) is 0 Å². The van der Waals surface area contributed by atoms with Gasteiger partial charge in [0, 0.05) is 77.9 Å². The van der Waals surface area contributed by atoms with E-state index in [2.05, 4.69) is 485 Å². The van der Waals surface area contributed by atoms with E-state index >= 15 is 0 Å². The summed E-state index contributed by atoms with van der Waals surface area (Å²) in [6, 6.07) is 150. The highest BCUT2D eigenvalue weighted by Gasteiger charge is 2.38. The van der Waals surface area contributed by atoms with Gasteiger partial charge in [-0.2, -0.15) is 0 Å². The number of aromatic nitrogens is 2. The number of benzene rings is 18. The Bertz CT molecular complexity index is 7750. The van der Waals surface area contributed by atoms with Gasteiger partial charge in [0.15, 0.2) is 0 Å². The summed E-state index contributed by atoms with van der Waals surface area (Å²) in [5.74, 6) is 0. The smallest absolute Gasteiger partial charge is 0.0721 e. The van der Waals surface area contributed by atoms with Crippen LogP contribution in [-0.2, 0) is 46.7 Å². The fourth-order valence-corrected chi connectivity index (χ4v) is 19.8. The highest BCUT2D eigenvalue weighted by atomic mass is 16.5. The lowest BCUT2D eigenvalue weighted by Crippen LogP contribution is -2.16. The van der Waals surface area contributed by atoms with Gasteiger partial charge in [-0.3, -0.25) is 0 Å². The van der Waals surface area contributed by atoms with E-state index in [0.717, 1.165) is 112 Å². The SMILES string of the molecule is C=Cc1ccc(-n2c3ccccc3c3cc(-c4ccc(N(c5ccc(-c6ccccc6)cc5)c5ccc6c(c5)C(C)(C)c5ccc(C=C)cc5-6)cc4)ccc32)cc1.C=Cc1ccc(COCc2ccc(-n3c4ccc(COCc5ccc(C=C)cc5)cc4c4cc(-c5ccc(N(c6ccc(-c7ccccc7)cc6)c6ccc7c(c6)C(C)(C)c6ccccc6-7)cc5)ccc43)cc2)cc1. The van der Waals surface area contributed by atoms with Crippen LogP contribution < -0.4 is 9.80 Å². The van der Waals surface area contributed by atoms with Crippen molar-refractivity contribution in [3.05, 3.63) is 506 Å². The maximum absolute atomic E-state index is 6.32. The van der Waals surface area contributed by atoms with Gasteiger partial charge < -0.3 is 28.4 Å². The summed E-state index contributed by atoms with van der Waals surface area (Å²) in [4.78, 5) is 4.79. The van der Waals surface area contributed by atoms with Crippen molar-refractivity contribution in [3.8, 4) is 78.1 Å². The molecule has 20 aromatic rings. The summed E-state index contributed by atoms with van der Waals surface area (Å²) in [6.07, 6.45) is 7.54. The largest absolute Gasteiger partial charge is 0.372 e. The Morgan fingerprint density at radius 1 is 0.227 bits per heavy atom. The second-order valence-corrected chi connectivity index (χ2v) is 35.7. The van der Waals surface area contributed by atoms with Crippen molar-refractivity contribution in [1.82, 2.24) is 9.13 Å². The molecule has 22 rings (SSSR count). The summed E-state index contributed by atoms with van der Waals surface area (Å²) in [5.41, 5.74) is 42.4. The predicted molar refractivity (Wildman–Crippen MR) is 558 cm³/mol. The fourth-order valence-electron chi connectivity index (χ4n) is 19.8. The maximum atomic E-state index is 6.32. The normalized spacial score (nSPS) is 12.5. The minimum absolute atomic E-state index is 0.124. The van der Waals surface area contributed by atoms with Crippen molar-refractivity contribution < 1.29 is 9.47 Å². The molecule has 0 saturated carbocycles. The summed E-state index contributed by atoms with van der Waals surface area (Å²) in [5, 5.41) is 4.85. The Kier molecular flexibility index (Phi) is 22.2. The minimum atomic E-state index is -0.135. The molecule has 6 heteroatoms. The number of ether oxygens (including phenoxy) is 2. The highest BCUT2D eigenvalue weighted by Crippen LogP contribution is 2.54.